The second-order valence-electron chi connectivity index (χ2n) is 5.80. The highest BCUT2D eigenvalue weighted by atomic mass is 32.2. The number of likely N-dealkylation sites (tertiary alicyclic amines) is 1. The standard InChI is InChI=1S/C13H26N2O2S/c1-3-14-11(2)12-5-4-7-15(9-12)13-6-8-18(16,17)10-13/h11-14H,3-10H2,1-2H3. The molecule has 0 amide bonds. The Morgan fingerprint density at radius 3 is 2.78 bits per heavy atom. The Bertz CT molecular complexity index is 369. The molecule has 0 aliphatic carbocycles. The molecule has 2 fully saturated rings. The van der Waals surface area contributed by atoms with Crippen LogP contribution in [0.2, 0.25) is 0 Å². The van der Waals surface area contributed by atoms with Crippen molar-refractivity contribution in [2.24, 2.45) is 5.92 Å². The molecule has 2 heterocycles. The predicted molar refractivity (Wildman–Crippen MR) is 74.5 cm³/mol. The second-order valence-corrected chi connectivity index (χ2v) is 8.03. The largest absolute Gasteiger partial charge is 0.314 e. The van der Waals surface area contributed by atoms with Gasteiger partial charge in [0.2, 0.25) is 0 Å². The third-order valence-corrected chi connectivity index (χ3v) is 6.20. The van der Waals surface area contributed by atoms with Gasteiger partial charge >= 0.3 is 0 Å². The smallest absolute Gasteiger partial charge is 0.151 e. The van der Waals surface area contributed by atoms with Crippen molar-refractivity contribution in [3.05, 3.63) is 0 Å². The highest BCUT2D eigenvalue weighted by molar-refractivity contribution is 7.91. The Labute approximate surface area is 111 Å². The van der Waals surface area contributed by atoms with Gasteiger partial charge in [-0.05, 0) is 45.2 Å². The molecular weight excluding hydrogens is 248 g/mol. The van der Waals surface area contributed by atoms with E-state index in [-0.39, 0.29) is 6.04 Å². The summed E-state index contributed by atoms with van der Waals surface area (Å²) in [5.74, 6) is 1.44. The topological polar surface area (TPSA) is 49.4 Å². The van der Waals surface area contributed by atoms with Crippen molar-refractivity contribution in [2.75, 3.05) is 31.1 Å². The highest BCUT2D eigenvalue weighted by Gasteiger charge is 2.35. The summed E-state index contributed by atoms with van der Waals surface area (Å²) >= 11 is 0. The average molecular weight is 274 g/mol. The molecule has 2 saturated heterocycles. The van der Waals surface area contributed by atoms with Crippen molar-refractivity contribution in [2.45, 2.75) is 45.2 Å². The molecule has 106 valence electrons. The quantitative estimate of drug-likeness (QED) is 0.827. The van der Waals surface area contributed by atoms with Crippen molar-refractivity contribution in [1.29, 1.82) is 0 Å². The van der Waals surface area contributed by atoms with Crippen LogP contribution in [0, 0.1) is 5.92 Å². The molecule has 2 aliphatic rings. The van der Waals surface area contributed by atoms with Crippen LogP contribution in [0.3, 0.4) is 0 Å². The van der Waals surface area contributed by atoms with Gasteiger partial charge in [0.15, 0.2) is 9.84 Å². The van der Waals surface area contributed by atoms with Gasteiger partial charge in [0.25, 0.3) is 0 Å². The van der Waals surface area contributed by atoms with E-state index in [0.29, 0.717) is 23.5 Å². The molecular formula is C13H26N2O2S. The molecule has 0 saturated carbocycles. The first-order valence-electron chi connectivity index (χ1n) is 7.19. The van der Waals surface area contributed by atoms with Crippen molar-refractivity contribution < 1.29 is 8.42 Å². The van der Waals surface area contributed by atoms with Gasteiger partial charge in [0.1, 0.15) is 0 Å². The van der Waals surface area contributed by atoms with Crippen LogP contribution >= 0.6 is 0 Å². The summed E-state index contributed by atoms with van der Waals surface area (Å²) in [6, 6.07) is 0.822. The van der Waals surface area contributed by atoms with Gasteiger partial charge in [-0.2, -0.15) is 0 Å². The Hall–Kier alpha value is -0.130. The molecule has 0 radical (unpaired) electrons. The number of rotatable bonds is 4. The highest BCUT2D eigenvalue weighted by Crippen LogP contribution is 2.25. The summed E-state index contributed by atoms with van der Waals surface area (Å²) in [6.07, 6.45) is 3.31. The third kappa shape index (κ3) is 3.45. The zero-order valence-corrected chi connectivity index (χ0v) is 12.4. The first kappa shape index (κ1) is 14.3. The van der Waals surface area contributed by atoms with E-state index in [0.717, 1.165) is 26.1 Å². The molecule has 0 bridgehead atoms. The molecule has 2 aliphatic heterocycles. The van der Waals surface area contributed by atoms with E-state index in [4.69, 9.17) is 0 Å². The van der Waals surface area contributed by atoms with Gasteiger partial charge in [-0.1, -0.05) is 6.92 Å². The van der Waals surface area contributed by atoms with Crippen LogP contribution in [0.15, 0.2) is 0 Å². The summed E-state index contributed by atoms with van der Waals surface area (Å²) in [5.41, 5.74) is 0. The van der Waals surface area contributed by atoms with E-state index in [1.54, 1.807) is 0 Å². The number of nitrogens with one attached hydrogen (secondary N) is 1. The second kappa shape index (κ2) is 5.88. The minimum Gasteiger partial charge on any atom is -0.314 e. The maximum Gasteiger partial charge on any atom is 0.151 e. The Kier molecular flexibility index (Phi) is 4.67. The van der Waals surface area contributed by atoms with Gasteiger partial charge in [0, 0.05) is 18.6 Å². The lowest BCUT2D eigenvalue weighted by Crippen LogP contribution is -2.48. The predicted octanol–water partition coefficient (Wildman–Crippen LogP) is 0.884. The average Bonchev–Trinajstić information content (AvgIpc) is 2.70. The summed E-state index contributed by atoms with van der Waals surface area (Å²) in [4.78, 5) is 2.42. The van der Waals surface area contributed by atoms with Crippen LogP contribution in [-0.4, -0.2) is 56.5 Å². The van der Waals surface area contributed by atoms with Crippen LogP contribution in [0.5, 0.6) is 0 Å². The van der Waals surface area contributed by atoms with E-state index < -0.39 is 9.84 Å². The van der Waals surface area contributed by atoms with Gasteiger partial charge in [-0.3, -0.25) is 4.90 Å². The SMILES string of the molecule is CCNC(C)C1CCCN(C2CCS(=O)(=O)C2)C1. The van der Waals surface area contributed by atoms with Crippen LogP contribution in [0.1, 0.15) is 33.1 Å². The fraction of sp³-hybridized carbons (Fsp3) is 1.00. The fourth-order valence-electron chi connectivity index (χ4n) is 3.33. The van der Waals surface area contributed by atoms with E-state index in [1.807, 2.05) is 0 Å². The van der Waals surface area contributed by atoms with Crippen LogP contribution in [0.4, 0.5) is 0 Å². The summed E-state index contributed by atoms with van der Waals surface area (Å²) in [5, 5.41) is 3.50. The summed E-state index contributed by atoms with van der Waals surface area (Å²) in [7, 11) is -2.75. The maximum atomic E-state index is 11.6. The van der Waals surface area contributed by atoms with Crippen molar-refractivity contribution >= 4 is 9.84 Å². The molecule has 5 heteroatoms. The van der Waals surface area contributed by atoms with Crippen molar-refractivity contribution in [3.63, 3.8) is 0 Å². The number of hydrogen-bond acceptors (Lipinski definition) is 4. The zero-order chi connectivity index (χ0) is 13.2. The minimum absolute atomic E-state index is 0.284. The van der Waals surface area contributed by atoms with Gasteiger partial charge < -0.3 is 5.32 Å². The molecule has 3 atom stereocenters. The number of nitrogens with zero attached hydrogens (tertiary/aromatic N) is 1. The van der Waals surface area contributed by atoms with Crippen molar-refractivity contribution in [3.8, 4) is 0 Å². The maximum absolute atomic E-state index is 11.6. The lowest BCUT2D eigenvalue weighted by molar-refractivity contribution is 0.117. The molecule has 0 aromatic rings. The first-order valence-corrected chi connectivity index (χ1v) is 9.02. The third-order valence-electron chi connectivity index (χ3n) is 4.45. The Morgan fingerprint density at radius 1 is 1.39 bits per heavy atom. The minimum atomic E-state index is -2.75. The van der Waals surface area contributed by atoms with Crippen molar-refractivity contribution in [1.82, 2.24) is 10.2 Å². The van der Waals surface area contributed by atoms with E-state index in [9.17, 15) is 8.42 Å². The van der Waals surface area contributed by atoms with Crippen LogP contribution in [-0.2, 0) is 9.84 Å². The van der Waals surface area contributed by atoms with Gasteiger partial charge in [-0.15, -0.1) is 0 Å². The van der Waals surface area contributed by atoms with Gasteiger partial charge in [-0.25, -0.2) is 8.42 Å². The number of sulfone groups is 1. The van der Waals surface area contributed by atoms with Crippen LogP contribution in [0.25, 0.3) is 0 Å². The molecule has 0 aromatic heterocycles. The van der Waals surface area contributed by atoms with Crippen LogP contribution < -0.4 is 5.32 Å². The Balaban J connectivity index is 1.91. The zero-order valence-electron chi connectivity index (χ0n) is 11.6. The molecule has 4 nitrogen and oxygen atoms in total. The number of piperidine rings is 1. The van der Waals surface area contributed by atoms with E-state index in [2.05, 4.69) is 24.1 Å². The summed E-state index contributed by atoms with van der Waals surface area (Å²) in [6.45, 7) is 7.54. The monoisotopic (exact) mass is 274 g/mol. The normalized spacial score (nSPS) is 34.6. The Morgan fingerprint density at radius 2 is 2.17 bits per heavy atom. The molecule has 3 unspecified atom stereocenters. The molecule has 2 rings (SSSR count). The van der Waals surface area contributed by atoms with E-state index in [1.165, 1.54) is 12.8 Å². The lowest BCUT2D eigenvalue weighted by Gasteiger charge is -2.38. The van der Waals surface area contributed by atoms with E-state index >= 15 is 0 Å². The molecule has 1 N–H and O–H groups in total. The molecule has 0 spiro atoms. The first-order chi connectivity index (χ1) is 8.52. The lowest BCUT2D eigenvalue weighted by atomic mass is 9.90. The fourth-order valence-corrected chi connectivity index (χ4v) is 5.09. The summed E-state index contributed by atoms with van der Waals surface area (Å²) < 4.78 is 23.1. The molecule has 0 aromatic carbocycles. The molecule has 18 heavy (non-hydrogen) atoms. The number of hydrogen-bond donors (Lipinski definition) is 1. The van der Waals surface area contributed by atoms with Gasteiger partial charge in [0.05, 0.1) is 11.5 Å².